The maximum atomic E-state index is 12.0. The van der Waals surface area contributed by atoms with Crippen LogP contribution < -0.4 is 11.1 Å². The lowest BCUT2D eigenvalue weighted by Crippen LogP contribution is -2.39. The van der Waals surface area contributed by atoms with Crippen molar-refractivity contribution in [2.75, 3.05) is 18.9 Å². The zero-order chi connectivity index (χ0) is 12.3. The molecule has 4 nitrogen and oxygen atoms in total. The van der Waals surface area contributed by atoms with E-state index in [0.717, 1.165) is 17.3 Å². The Hall–Kier alpha value is -1.07. The molecule has 2 rings (SSSR count). The third-order valence-electron chi connectivity index (χ3n) is 2.79. The van der Waals surface area contributed by atoms with Gasteiger partial charge in [0.25, 0.3) is 5.91 Å². The van der Waals surface area contributed by atoms with Gasteiger partial charge in [-0.1, -0.05) is 0 Å². The van der Waals surface area contributed by atoms with Crippen molar-refractivity contribution in [3.05, 3.63) is 28.2 Å². The van der Waals surface area contributed by atoms with Crippen molar-refractivity contribution < 1.29 is 9.53 Å². The van der Waals surface area contributed by atoms with E-state index in [2.05, 4.69) is 21.2 Å². The molecule has 0 aromatic heterocycles. The summed E-state index contributed by atoms with van der Waals surface area (Å²) in [6.45, 7) is 1.42. The summed E-state index contributed by atoms with van der Waals surface area (Å²) in [5.41, 5.74) is 6.85. The Kier molecular flexibility index (Phi) is 4.02. The maximum absolute atomic E-state index is 12.0. The van der Waals surface area contributed by atoms with E-state index in [1.807, 2.05) is 0 Å². The van der Waals surface area contributed by atoms with Crippen LogP contribution in [0.1, 0.15) is 23.2 Å². The zero-order valence-electron chi connectivity index (χ0n) is 9.41. The van der Waals surface area contributed by atoms with Crippen LogP contribution in [0.4, 0.5) is 5.69 Å². The largest absolute Gasteiger partial charge is 0.399 e. The second-order valence-corrected chi connectivity index (χ2v) is 4.95. The Morgan fingerprint density at radius 2 is 2.12 bits per heavy atom. The number of anilines is 1. The van der Waals surface area contributed by atoms with Crippen LogP contribution in [0.2, 0.25) is 0 Å². The molecule has 0 spiro atoms. The maximum Gasteiger partial charge on any atom is 0.252 e. The van der Waals surface area contributed by atoms with Crippen molar-refractivity contribution in [2.45, 2.75) is 18.9 Å². The average Bonchev–Trinajstić information content (AvgIpc) is 2.33. The van der Waals surface area contributed by atoms with Gasteiger partial charge in [-0.2, -0.15) is 0 Å². The molecule has 0 aliphatic carbocycles. The summed E-state index contributed by atoms with van der Waals surface area (Å²) >= 11 is 3.35. The van der Waals surface area contributed by atoms with Gasteiger partial charge in [0.1, 0.15) is 0 Å². The Morgan fingerprint density at radius 1 is 1.41 bits per heavy atom. The van der Waals surface area contributed by atoms with Crippen molar-refractivity contribution >= 4 is 27.5 Å². The summed E-state index contributed by atoms with van der Waals surface area (Å²) in [7, 11) is 0. The predicted octanol–water partition coefficient (Wildman–Crippen LogP) is 1.94. The van der Waals surface area contributed by atoms with Crippen LogP contribution in [0.3, 0.4) is 0 Å². The second kappa shape index (κ2) is 5.51. The SMILES string of the molecule is Nc1ccc(Br)c(C(=O)NC2CCOCC2)c1. The number of ether oxygens (including phenoxy) is 1. The van der Waals surface area contributed by atoms with Gasteiger partial charge < -0.3 is 15.8 Å². The highest BCUT2D eigenvalue weighted by atomic mass is 79.9. The zero-order valence-corrected chi connectivity index (χ0v) is 11.0. The monoisotopic (exact) mass is 298 g/mol. The molecule has 3 N–H and O–H groups in total. The minimum atomic E-state index is -0.0870. The molecule has 92 valence electrons. The number of hydrogen-bond acceptors (Lipinski definition) is 3. The van der Waals surface area contributed by atoms with E-state index in [1.165, 1.54) is 0 Å². The van der Waals surface area contributed by atoms with E-state index in [4.69, 9.17) is 10.5 Å². The van der Waals surface area contributed by atoms with E-state index in [-0.39, 0.29) is 11.9 Å². The Bertz CT molecular complexity index is 417. The fraction of sp³-hybridized carbons (Fsp3) is 0.417. The minimum Gasteiger partial charge on any atom is -0.399 e. The quantitative estimate of drug-likeness (QED) is 0.820. The number of carbonyl (C=O) groups excluding carboxylic acids is 1. The molecule has 0 unspecified atom stereocenters. The van der Waals surface area contributed by atoms with E-state index in [1.54, 1.807) is 18.2 Å². The lowest BCUT2D eigenvalue weighted by Gasteiger charge is -2.23. The van der Waals surface area contributed by atoms with Gasteiger partial charge in [-0.15, -0.1) is 0 Å². The molecule has 1 fully saturated rings. The molecule has 1 amide bonds. The smallest absolute Gasteiger partial charge is 0.252 e. The van der Waals surface area contributed by atoms with Crippen LogP contribution in [0.15, 0.2) is 22.7 Å². The number of nitrogens with one attached hydrogen (secondary N) is 1. The van der Waals surface area contributed by atoms with Gasteiger partial charge in [0.2, 0.25) is 0 Å². The molecular weight excluding hydrogens is 284 g/mol. The fourth-order valence-electron chi connectivity index (χ4n) is 1.82. The van der Waals surface area contributed by atoms with Gasteiger partial charge in [0.15, 0.2) is 0 Å². The van der Waals surface area contributed by atoms with Gasteiger partial charge in [-0.25, -0.2) is 0 Å². The average molecular weight is 299 g/mol. The van der Waals surface area contributed by atoms with Gasteiger partial charge in [0.05, 0.1) is 5.56 Å². The number of nitrogen functional groups attached to an aromatic ring is 1. The minimum absolute atomic E-state index is 0.0870. The first-order chi connectivity index (χ1) is 8.16. The molecule has 1 heterocycles. The van der Waals surface area contributed by atoms with Crippen molar-refractivity contribution in [3.63, 3.8) is 0 Å². The van der Waals surface area contributed by atoms with Crippen LogP contribution in [-0.2, 0) is 4.74 Å². The summed E-state index contributed by atoms with van der Waals surface area (Å²) in [5.74, 6) is -0.0870. The standard InChI is InChI=1S/C12H15BrN2O2/c13-11-2-1-8(14)7-10(11)12(16)15-9-3-5-17-6-4-9/h1-2,7,9H,3-6,14H2,(H,15,16). The molecule has 17 heavy (non-hydrogen) atoms. The molecule has 1 aliphatic rings. The molecule has 1 saturated heterocycles. The van der Waals surface area contributed by atoms with Crippen LogP contribution in [0.25, 0.3) is 0 Å². The third kappa shape index (κ3) is 3.20. The number of hydrogen-bond donors (Lipinski definition) is 2. The highest BCUT2D eigenvalue weighted by molar-refractivity contribution is 9.10. The van der Waals surface area contributed by atoms with Gasteiger partial charge in [0, 0.05) is 29.4 Å². The number of carbonyl (C=O) groups is 1. The van der Waals surface area contributed by atoms with Crippen molar-refractivity contribution in [1.82, 2.24) is 5.32 Å². The second-order valence-electron chi connectivity index (χ2n) is 4.10. The highest BCUT2D eigenvalue weighted by Crippen LogP contribution is 2.20. The normalized spacial score (nSPS) is 16.8. The van der Waals surface area contributed by atoms with Gasteiger partial charge in [-0.05, 0) is 47.0 Å². The van der Waals surface area contributed by atoms with E-state index < -0.39 is 0 Å². The Morgan fingerprint density at radius 3 is 2.82 bits per heavy atom. The molecule has 5 heteroatoms. The molecule has 0 radical (unpaired) electrons. The molecule has 0 atom stereocenters. The summed E-state index contributed by atoms with van der Waals surface area (Å²) in [4.78, 5) is 12.0. The lowest BCUT2D eigenvalue weighted by molar-refractivity contribution is 0.0696. The number of rotatable bonds is 2. The molecular formula is C12H15BrN2O2. The Labute approximate surface area is 109 Å². The molecule has 1 aliphatic heterocycles. The summed E-state index contributed by atoms with van der Waals surface area (Å²) < 4.78 is 6.01. The summed E-state index contributed by atoms with van der Waals surface area (Å²) in [5, 5.41) is 3.00. The summed E-state index contributed by atoms with van der Waals surface area (Å²) in [6, 6.07) is 5.42. The van der Waals surface area contributed by atoms with E-state index in [9.17, 15) is 4.79 Å². The van der Waals surface area contributed by atoms with Gasteiger partial charge >= 0.3 is 0 Å². The lowest BCUT2D eigenvalue weighted by atomic mass is 10.1. The van der Waals surface area contributed by atoms with Crippen molar-refractivity contribution in [2.24, 2.45) is 0 Å². The van der Waals surface area contributed by atoms with Gasteiger partial charge in [-0.3, -0.25) is 4.79 Å². The van der Waals surface area contributed by atoms with Crippen LogP contribution in [0, 0.1) is 0 Å². The van der Waals surface area contributed by atoms with Crippen molar-refractivity contribution in [3.8, 4) is 0 Å². The first-order valence-electron chi connectivity index (χ1n) is 5.60. The first kappa shape index (κ1) is 12.4. The Balaban J connectivity index is 2.05. The number of benzene rings is 1. The molecule has 0 bridgehead atoms. The number of nitrogens with two attached hydrogens (primary N) is 1. The highest BCUT2D eigenvalue weighted by Gasteiger charge is 2.18. The first-order valence-corrected chi connectivity index (χ1v) is 6.40. The predicted molar refractivity (Wildman–Crippen MR) is 69.9 cm³/mol. The third-order valence-corrected chi connectivity index (χ3v) is 3.48. The molecule has 0 saturated carbocycles. The number of amides is 1. The van der Waals surface area contributed by atoms with E-state index >= 15 is 0 Å². The van der Waals surface area contributed by atoms with Crippen LogP contribution in [-0.4, -0.2) is 25.2 Å². The topological polar surface area (TPSA) is 64.4 Å². The van der Waals surface area contributed by atoms with Crippen LogP contribution in [0.5, 0.6) is 0 Å². The number of halogens is 1. The summed E-state index contributed by atoms with van der Waals surface area (Å²) in [6.07, 6.45) is 1.73. The fourth-order valence-corrected chi connectivity index (χ4v) is 2.25. The van der Waals surface area contributed by atoms with E-state index in [0.29, 0.717) is 24.5 Å². The van der Waals surface area contributed by atoms with Crippen molar-refractivity contribution in [1.29, 1.82) is 0 Å². The van der Waals surface area contributed by atoms with Crippen LogP contribution >= 0.6 is 15.9 Å². The molecule has 1 aromatic rings. The molecule has 1 aromatic carbocycles.